The Morgan fingerprint density at radius 1 is 1.06 bits per heavy atom. The van der Waals surface area contributed by atoms with Crippen molar-refractivity contribution in [2.45, 2.75) is 44.9 Å². The zero-order chi connectivity index (χ0) is 25.0. The highest BCUT2D eigenvalue weighted by Gasteiger charge is 2.31. The van der Waals surface area contributed by atoms with Crippen LogP contribution in [0.1, 0.15) is 31.7 Å². The predicted octanol–water partition coefficient (Wildman–Crippen LogP) is -1.43. The van der Waals surface area contributed by atoms with E-state index in [-0.39, 0.29) is 6.61 Å². The Morgan fingerprint density at radius 3 is 2.24 bits per heavy atom. The number of hydrogen-bond donors (Lipinski definition) is 5. The lowest BCUT2D eigenvalue weighted by Crippen LogP contribution is -2.44. The lowest BCUT2D eigenvalue weighted by molar-refractivity contribution is -0.155. The fourth-order valence-electron chi connectivity index (χ4n) is 2.94. The van der Waals surface area contributed by atoms with Gasteiger partial charge in [-0.1, -0.05) is 30.3 Å². The second kappa shape index (κ2) is 14.1. The second-order valence-electron chi connectivity index (χ2n) is 7.73. The fraction of sp³-hybridized carbons (Fsp3) is 0.500. The molecule has 1 unspecified atom stereocenters. The Bertz CT molecular complexity index is 828. The molecular formula is C22H31N3O8. The molecule has 33 heavy (non-hydrogen) atoms. The molecule has 182 valence electrons. The van der Waals surface area contributed by atoms with E-state index in [0.29, 0.717) is 0 Å². The van der Waals surface area contributed by atoms with Crippen LogP contribution in [-0.2, 0) is 35.3 Å². The van der Waals surface area contributed by atoms with Gasteiger partial charge in [-0.05, 0) is 12.5 Å². The third-order valence-corrected chi connectivity index (χ3v) is 4.90. The van der Waals surface area contributed by atoms with Crippen molar-refractivity contribution >= 4 is 29.4 Å². The van der Waals surface area contributed by atoms with Crippen molar-refractivity contribution in [2.24, 2.45) is 23.3 Å². The number of Topliss-reactive ketones (excluding diaryl/α,β-unsaturated/α-hetero) is 2. The number of rotatable bonds is 15. The molecule has 0 saturated heterocycles. The lowest BCUT2D eigenvalue weighted by Gasteiger charge is -2.20. The van der Waals surface area contributed by atoms with Crippen LogP contribution in [0, 0.1) is 11.8 Å². The largest absolute Gasteiger partial charge is 0.461 e. The van der Waals surface area contributed by atoms with Gasteiger partial charge in [0.05, 0.1) is 37.1 Å². The average Bonchev–Trinajstić information content (AvgIpc) is 2.78. The first-order valence-electron chi connectivity index (χ1n) is 10.4. The zero-order valence-electron chi connectivity index (χ0n) is 18.4. The number of amides is 2. The maximum Gasteiger partial charge on any atom is 0.312 e. The molecule has 0 spiro atoms. The van der Waals surface area contributed by atoms with Crippen molar-refractivity contribution < 1.29 is 38.9 Å². The number of hydrogen-bond acceptors (Lipinski definition) is 9. The minimum atomic E-state index is -1.20. The first-order valence-corrected chi connectivity index (χ1v) is 10.4. The molecule has 0 heterocycles. The molecule has 4 atom stereocenters. The van der Waals surface area contributed by atoms with Gasteiger partial charge in [0.15, 0.2) is 5.78 Å². The van der Waals surface area contributed by atoms with Crippen LogP contribution in [0.15, 0.2) is 30.3 Å². The van der Waals surface area contributed by atoms with E-state index in [0.717, 1.165) is 5.56 Å². The third-order valence-electron chi connectivity index (χ3n) is 4.90. The summed E-state index contributed by atoms with van der Waals surface area (Å²) < 4.78 is 5.19. The standard InChI is InChI=1S/C22H31N3O8/c1-13(27)17(22(32)33-12-14-5-3-2-4-6-14)9-16(28)7-15(8-20(24)30)21(31)25-10-19(29)18(23)11-26/h2-6,13,15,17-18,26-27H,7-12,23H2,1H3,(H2,24,30)(H,25,31)/t13?,15-,17-,18-/m0/s1. The van der Waals surface area contributed by atoms with Crippen molar-refractivity contribution in [1.29, 1.82) is 0 Å². The van der Waals surface area contributed by atoms with Crippen LogP contribution in [0.5, 0.6) is 0 Å². The number of nitrogens with two attached hydrogens (primary N) is 2. The Balaban J connectivity index is 2.73. The molecule has 7 N–H and O–H groups in total. The van der Waals surface area contributed by atoms with E-state index < -0.39 is 85.7 Å². The summed E-state index contributed by atoms with van der Waals surface area (Å²) >= 11 is 0. The SMILES string of the molecule is CC(O)[C@H](CC(=O)C[C@@H](CC(N)=O)C(=O)NCC(=O)[C@@H](N)CO)C(=O)OCc1ccccc1. The van der Waals surface area contributed by atoms with E-state index in [1.807, 2.05) is 0 Å². The highest BCUT2D eigenvalue weighted by molar-refractivity contribution is 5.94. The number of aliphatic hydroxyl groups excluding tert-OH is 2. The normalized spacial score (nSPS) is 14.4. The van der Waals surface area contributed by atoms with E-state index in [1.54, 1.807) is 30.3 Å². The van der Waals surface area contributed by atoms with Gasteiger partial charge < -0.3 is 31.7 Å². The van der Waals surface area contributed by atoms with Crippen LogP contribution >= 0.6 is 0 Å². The predicted molar refractivity (Wildman–Crippen MR) is 116 cm³/mol. The van der Waals surface area contributed by atoms with E-state index in [2.05, 4.69) is 5.32 Å². The van der Waals surface area contributed by atoms with Crippen LogP contribution in [0.2, 0.25) is 0 Å². The van der Waals surface area contributed by atoms with Gasteiger partial charge in [0.25, 0.3) is 0 Å². The molecule has 11 nitrogen and oxygen atoms in total. The van der Waals surface area contributed by atoms with Gasteiger partial charge in [-0.3, -0.25) is 24.0 Å². The minimum absolute atomic E-state index is 0.0339. The average molecular weight is 466 g/mol. The van der Waals surface area contributed by atoms with Crippen molar-refractivity contribution in [2.75, 3.05) is 13.2 Å². The number of carbonyl (C=O) groups excluding carboxylic acids is 5. The van der Waals surface area contributed by atoms with Crippen LogP contribution in [0.3, 0.4) is 0 Å². The van der Waals surface area contributed by atoms with E-state index in [4.69, 9.17) is 21.3 Å². The van der Waals surface area contributed by atoms with Crippen molar-refractivity contribution in [3.63, 3.8) is 0 Å². The molecule has 0 aliphatic rings. The van der Waals surface area contributed by atoms with Gasteiger partial charge in [0, 0.05) is 19.3 Å². The summed E-state index contributed by atoms with van der Waals surface area (Å²) in [5.74, 6) is -5.94. The number of aliphatic hydroxyl groups is 2. The highest BCUT2D eigenvalue weighted by atomic mass is 16.5. The van der Waals surface area contributed by atoms with Crippen LogP contribution in [-0.4, -0.2) is 64.9 Å². The van der Waals surface area contributed by atoms with Gasteiger partial charge in [-0.15, -0.1) is 0 Å². The van der Waals surface area contributed by atoms with Crippen LogP contribution in [0.4, 0.5) is 0 Å². The van der Waals surface area contributed by atoms with Crippen molar-refractivity contribution in [1.82, 2.24) is 5.32 Å². The van der Waals surface area contributed by atoms with E-state index in [1.165, 1.54) is 6.92 Å². The number of esters is 1. The highest BCUT2D eigenvalue weighted by Crippen LogP contribution is 2.18. The molecule has 1 aromatic rings. The summed E-state index contributed by atoms with van der Waals surface area (Å²) in [5.41, 5.74) is 11.3. The quantitative estimate of drug-likeness (QED) is 0.193. The Labute approximate surface area is 191 Å². The Hall–Kier alpha value is -3.15. The molecular weight excluding hydrogens is 434 g/mol. The van der Waals surface area contributed by atoms with Crippen LogP contribution < -0.4 is 16.8 Å². The molecule has 1 aromatic carbocycles. The topological polar surface area (TPSA) is 199 Å². The summed E-state index contributed by atoms with van der Waals surface area (Å²) in [6, 6.07) is 7.68. The molecule has 0 aromatic heterocycles. The molecule has 2 amide bonds. The summed E-state index contributed by atoms with van der Waals surface area (Å²) in [6.07, 6.45) is -2.51. The van der Waals surface area contributed by atoms with Crippen LogP contribution in [0.25, 0.3) is 0 Å². The molecule has 0 aliphatic carbocycles. The smallest absolute Gasteiger partial charge is 0.312 e. The Kier molecular flexibility index (Phi) is 11.9. The fourth-order valence-corrected chi connectivity index (χ4v) is 2.94. The summed E-state index contributed by atoms with van der Waals surface area (Å²) in [6.45, 7) is 0.213. The molecule has 0 bridgehead atoms. The molecule has 0 radical (unpaired) electrons. The van der Waals surface area contributed by atoms with Gasteiger partial charge in [-0.2, -0.15) is 0 Å². The maximum atomic E-state index is 12.6. The maximum absolute atomic E-state index is 12.6. The van der Waals surface area contributed by atoms with Gasteiger partial charge in [-0.25, -0.2) is 0 Å². The summed E-state index contributed by atoms with van der Waals surface area (Å²) in [5, 5.41) is 21.1. The van der Waals surface area contributed by atoms with Gasteiger partial charge in [0.2, 0.25) is 11.8 Å². The Morgan fingerprint density at radius 2 is 1.70 bits per heavy atom. The number of primary amides is 1. The monoisotopic (exact) mass is 465 g/mol. The zero-order valence-corrected chi connectivity index (χ0v) is 18.4. The molecule has 0 fully saturated rings. The second-order valence-corrected chi connectivity index (χ2v) is 7.73. The van der Waals surface area contributed by atoms with E-state index in [9.17, 15) is 29.1 Å². The molecule has 11 heteroatoms. The number of ketones is 2. The molecule has 1 rings (SSSR count). The summed E-state index contributed by atoms with van der Waals surface area (Å²) in [7, 11) is 0. The number of ether oxygens (including phenoxy) is 1. The van der Waals surface area contributed by atoms with Crippen molar-refractivity contribution in [3.05, 3.63) is 35.9 Å². The third kappa shape index (κ3) is 10.3. The van der Waals surface area contributed by atoms with Gasteiger partial charge in [0.1, 0.15) is 12.4 Å². The summed E-state index contributed by atoms with van der Waals surface area (Å²) in [4.78, 5) is 60.3. The number of carbonyl (C=O) groups is 5. The lowest BCUT2D eigenvalue weighted by atomic mass is 9.90. The van der Waals surface area contributed by atoms with Crippen molar-refractivity contribution in [3.8, 4) is 0 Å². The first-order chi connectivity index (χ1) is 15.5. The molecule has 0 aliphatic heterocycles. The first kappa shape index (κ1) is 27.9. The van der Waals surface area contributed by atoms with E-state index >= 15 is 0 Å². The number of benzene rings is 1. The van der Waals surface area contributed by atoms with Gasteiger partial charge >= 0.3 is 5.97 Å². The number of nitrogens with one attached hydrogen (secondary N) is 1. The molecule has 0 saturated carbocycles. The minimum Gasteiger partial charge on any atom is -0.461 e.